The Balaban J connectivity index is 2.16. The first kappa shape index (κ1) is 10.7. The van der Waals surface area contributed by atoms with Crippen molar-refractivity contribution in [2.45, 2.75) is 19.4 Å². The number of rotatable bonds is 3. The van der Waals surface area contributed by atoms with Gasteiger partial charge in [0.1, 0.15) is 5.75 Å². The number of hydrazone groups is 1. The molecule has 0 aliphatic carbocycles. The van der Waals surface area contributed by atoms with Crippen LogP contribution in [0.1, 0.15) is 13.3 Å². The first-order chi connectivity index (χ1) is 7.72. The maximum atomic E-state index is 11.8. The van der Waals surface area contributed by atoms with E-state index in [9.17, 15) is 4.79 Å². The van der Waals surface area contributed by atoms with E-state index in [1.807, 2.05) is 37.3 Å². The predicted octanol–water partition coefficient (Wildman–Crippen LogP) is 1.67. The van der Waals surface area contributed by atoms with E-state index >= 15 is 0 Å². The Morgan fingerprint density at radius 3 is 2.69 bits per heavy atom. The normalized spacial score (nSPS) is 19.9. The van der Waals surface area contributed by atoms with E-state index < -0.39 is 6.10 Å². The average molecular weight is 218 g/mol. The zero-order valence-electron chi connectivity index (χ0n) is 9.38. The molecule has 4 nitrogen and oxygen atoms in total. The predicted molar refractivity (Wildman–Crippen MR) is 61.4 cm³/mol. The van der Waals surface area contributed by atoms with Gasteiger partial charge in [-0.15, -0.1) is 0 Å². The first-order valence-electron chi connectivity index (χ1n) is 5.29. The molecule has 0 aromatic heterocycles. The number of amides is 1. The fraction of sp³-hybridized carbons (Fsp3) is 0.333. The smallest absolute Gasteiger partial charge is 0.289 e. The zero-order valence-corrected chi connectivity index (χ0v) is 9.38. The standard InChI is InChI=1S/C12H14N2O2/c1-3-10-11(12(15)14(2)13-10)16-9-7-5-4-6-8-9/h4-8,11H,3H2,1-2H3. The number of carbonyl (C=O) groups is 1. The van der Waals surface area contributed by atoms with Crippen LogP contribution in [0, 0.1) is 0 Å². The summed E-state index contributed by atoms with van der Waals surface area (Å²) in [7, 11) is 1.65. The monoisotopic (exact) mass is 218 g/mol. The van der Waals surface area contributed by atoms with E-state index in [4.69, 9.17) is 4.74 Å². The van der Waals surface area contributed by atoms with E-state index in [1.165, 1.54) is 5.01 Å². The van der Waals surface area contributed by atoms with Crippen LogP contribution in [0.4, 0.5) is 0 Å². The van der Waals surface area contributed by atoms with Crippen LogP contribution in [0.5, 0.6) is 5.75 Å². The molecule has 1 aromatic rings. The number of likely N-dealkylation sites (N-methyl/N-ethyl adjacent to an activating group) is 1. The summed E-state index contributed by atoms with van der Waals surface area (Å²) in [5, 5.41) is 5.48. The van der Waals surface area contributed by atoms with Crippen molar-refractivity contribution in [3.8, 4) is 5.75 Å². The third-order valence-electron chi connectivity index (χ3n) is 2.48. The number of carbonyl (C=O) groups excluding carboxylic acids is 1. The molecule has 4 heteroatoms. The molecule has 0 spiro atoms. The lowest BCUT2D eigenvalue weighted by molar-refractivity contribution is -0.132. The second kappa shape index (κ2) is 4.35. The second-order valence-corrected chi connectivity index (χ2v) is 3.62. The van der Waals surface area contributed by atoms with E-state index in [1.54, 1.807) is 7.05 Å². The number of para-hydroxylation sites is 1. The molecule has 1 aliphatic heterocycles. The minimum absolute atomic E-state index is 0.110. The zero-order chi connectivity index (χ0) is 11.5. The molecule has 1 unspecified atom stereocenters. The lowest BCUT2D eigenvalue weighted by Crippen LogP contribution is -2.35. The summed E-state index contributed by atoms with van der Waals surface area (Å²) < 4.78 is 5.64. The maximum absolute atomic E-state index is 11.8. The minimum atomic E-state index is -0.558. The van der Waals surface area contributed by atoms with Gasteiger partial charge in [-0.1, -0.05) is 25.1 Å². The summed E-state index contributed by atoms with van der Waals surface area (Å²) in [5.74, 6) is 0.581. The van der Waals surface area contributed by atoms with Gasteiger partial charge >= 0.3 is 0 Å². The van der Waals surface area contributed by atoms with E-state index in [2.05, 4.69) is 5.10 Å². The molecule has 1 aromatic carbocycles. The minimum Gasteiger partial charge on any atom is -0.474 e. The Kier molecular flexibility index (Phi) is 2.90. The summed E-state index contributed by atoms with van der Waals surface area (Å²) in [6, 6.07) is 9.32. The molecule has 1 amide bonds. The third-order valence-corrected chi connectivity index (χ3v) is 2.48. The molecule has 0 fully saturated rings. The average Bonchev–Trinajstić information content (AvgIpc) is 2.58. The van der Waals surface area contributed by atoms with E-state index in [0.29, 0.717) is 12.2 Å². The SMILES string of the molecule is CCC1=NN(C)C(=O)C1Oc1ccccc1. The molecule has 16 heavy (non-hydrogen) atoms. The van der Waals surface area contributed by atoms with Gasteiger partial charge in [-0.3, -0.25) is 4.79 Å². The van der Waals surface area contributed by atoms with Crippen molar-refractivity contribution in [3.05, 3.63) is 30.3 Å². The van der Waals surface area contributed by atoms with Crippen LogP contribution in [-0.2, 0) is 4.79 Å². The molecule has 0 bridgehead atoms. The highest BCUT2D eigenvalue weighted by Crippen LogP contribution is 2.17. The highest BCUT2D eigenvalue weighted by atomic mass is 16.5. The highest BCUT2D eigenvalue weighted by Gasteiger charge is 2.34. The molecular formula is C12H14N2O2. The number of benzene rings is 1. The molecule has 1 aliphatic rings. The van der Waals surface area contributed by atoms with Crippen LogP contribution in [0.25, 0.3) is 0 Å². The molecular weight excluding hydrogens is 204 g/mol. The molecule has 0 saturated heterocycles. The Bertz CT molecular complexity index is 414. The Morgan fingerprint density at radius 2 is 2.06 bits per heavy atom. The van der Waals surface area contributed by atoms with Gasteiger partial charge in [0.15, 0.2) is 0 Å². The maximum Gasteiger partial charge on any atom is 0.289 e. The summed E-state index contributed by atoms with van der Waals surface area (Å²) in [6.07, 6.45) is 0.158. The van der Waals surface area contributed by atoms with E-state index in [0.717, 1.165) is 5.71 Å². The van der Waals surface area contributed by atoms with Gasteiger partial charge in [0.05, 0.1) is 5.71 Å². The van der Waals surface area contributed by atoms with Gasteiger partial charge in [-0.2, -0.15) is 5.10 Å². The van der Waals surface area contributed by atoms with Gasteiger partial charge in [0.25, 0.3) is 5.91 Å². The van der Waals surface area contributed by atoms with Crippen LogP contribution in [0.3, 0.4) is 0 Å². The number of ether oxygens (including phenoxy) is 1. The number of hydrogen-bond donors (Lipinski definition) is 0. The lowest BCUT2D eigenvalue weighted by atomic mass is 10.2. The number of nitrogens with zero attached hydrogens (tertiary/aromatic N) is 2. The van der Waals surface area contributed by atoms with Crippen LogP contribution < -0.4 is 4.74 Å². The van der Waals surface area contributed by atoms with Crippen LogP contribution >= 0.6 is 0 Å². The van der Waals surface area contributed by atoms with Gasteiger partial charge in [-0.05, 0) is 18.6 Å². The van der Waals surface area contributed by atoms with Crippen molar-refractivity contribution in [2.75, 3.05) is 7.05 Å². The molecule has 2 rings (SSSR count). The van der Waals surface area contributed by atoms with Crippen molar-refractivity contribution in [1.82, 2.24) is 5.01 Å². The molecule has 0 radical (unpaired) electrons. The molecule has 1 heterocycles. The molecule has 84 valence electrons. The summed E-state index contributed by atoms with van der Waals surface area (Å²) in [6.45, 7) is 1.96. The topological polar surface area (TPSA) is 41.9 Å². The second-order valence-electron chi connectivity index (χ2n) is 3.62. The summed E-state index contributed by atoms with van der Waals surface area (Å²) in [5.41, 5.74) is 0.774. The van der Waals surface area contributed by atoms with Crippen molar-refractivity contribution >= 4 is 11.6 Å². The Labute approximate surface area is 94.5 Å². The third kappa shape index (κ3) is 1.91. The Morgan fingerprint density at radius 1 is 1.38 bits per heavy atom. The summed E-state index contributed by atoms with van der Waals surface area (Å²) >= 11 is 0. The van der Waals surface area contributed by atoms with Crippen molar-refractivity contribution in [3.63, 3.8) is 0 Å². The molecule has 1 atom stereocenters. The largest absolute Gasteiger partial charge is 0.474 e. The van der Waals surface area contributed by atoms with Gasteiger partial charge in [0, 0.05) is 7.05 Å². The van der Waals surface area contributed by atoms with Gasteiger partial charge in [0.2, 0.25) is 6.10 Å². The van der Waals surface area contributed by atoms with Gasteiger partial charge < -0.3 is 4.74 Å². The van der Waals surface area contributed by atoms with Crippen LogP contribution in [-0.4, -0.2) is 29.8 Å². The summed E-state index contributed by atoms with van der Waals surface area (Å²) in [4.78, 5) is 11.8. The highest BCUT2D eigenvalue weighted by molar-refractivity contribution is 6.10. The Hall–Kier alpha value is -1.84. The van der Waals surface area contributed by atoms with Crippen LogP contribution in [0.15, 0.2) is 35.4 Å². The fourth-order valence-corrected chi connectivity index (χ4v) is 1.62. The first-order valence-corrected chi connectivity index (χ1v) is 5.29. The van der Waals surface area contributed by atoms with Crippen molar-refractivity contribution < 1.29 is 9.53 Å². The molecule has 0 saturated carbocycles. The van der Waals surface area contributed by atoms with E-state index in [-0.39, 0.29) is 5.91 Å². The quantitative estimate of drug-likeness (QED) is 0.774. The van der Waals surface area contributed by atoms with Crippen molar-refractivity contribution in [1.29, 1.82) is 0 Å². The fourth-order valence-electron chi connectivity index (χ4n) is 1.62. The van der Waals surface area contributed by atoms with Crippen LogP contribution in [0.2, 0.25) is 0 Å². The van der Waals surface area contributed by atoms with Gasteiger partial charge in [-0.25, -0.2) is 5.01 Å². The molecule has 0 N–H and O–H groups in total. The van der Waals surface area contributed by atoms with Crippen molar-refractivity contribution in [2.24, 2.45) is 5.10 Å². The lowest BCUT2D eigenvalue weighted by Gasteiger charge is -2.13. The number of hydrogen-bond acceptors (Lipinski definition) is 3.